The molecule has 2 aliphatic rings. The van der Waals surface area contributed by atoms with E-state index in [1.54, 1.807) is 16.4 Å². The highest BCUT2D eigenvalue weighted by Gasteiger charge is 2.41. The first-order valence-electron chi connectivity index (χ1n) is 6.91. The summed E-state index contributed by atoms with van der Waals surface area (Å²) in [6, 6.07) is 3.53. The molecule has 2 atom stereocenters. The van der Waals surface area contributed by atoms with Gasteiger partial charge in [0.05, 0.1) is 4.88 Å². The number of nitrogens with zero attached hydrogens (tertiary/aromatic N) is 1. The molecule has 0 radical (unpaired) electrons. The minimum absolute atomic E-state index is 0.198. The van der Waals surface area contributed by atoms with Crippen molar-refractivity contribution in [2.45, 2.75) is 42.4 Å². The van der Waals surface area contributed by atoms with Gasteiger partial charge in [0, 0.05) is 12.6 Å². The highest BCUT2D eigenvalue weighted by Crippen LogP contribution is 2.40. The van der Waals surface area contributed by atoms with E-state index in [4.69, 9.17) is 18.0 Å². The Morgan fingerprint density at radius 3 is 2.75 bits per heavy atom. The number of nitrogens with two attached hydrogens (primary N) is 1. The second-order valence-electron chi connectivity index (χ2n) is 5.50. The lowest BCUT2D eigenvalue weighted by Gasteiger charge is -2.36. The second-order valence-corrected chi connectivity index (χ2v) is 9.14. The molecule has 1 aliphatic heterocycles. The molecule has 0 bridgehead atoms. The summed E-state index contributed by atoms with van der Waals surface area (Å²) < 4.78 is 27.7. The molecule has 3 rings (SSSR count). The molecule has 0 spiro atoms. The van der Waals surface area contributed by atoms with Gasteiger partial charge in [-0.25, -0.2) is 8.42 Å². The van der Waals surface area contributed by atoms with Crippen molar-refractivity contribution in [2.75, 3.05) is 6.54 Å². The Labute approximate surface area is 129 Å². The first-order chi connectivity index (χ1) is 9.50. The third-order valence-electron chi connectivity index (χ3n) is 4.33. The Kier molecular flexibility index (Phi) is 3.87. The van der Waals surface area contributed by atoms with Gasteiger partial charge < -0.3 is 5.73 Å². The van der Waals surface area contributed by atoms with Crippen LogP contribution in [0.1, 0.15) is 37.0 Å². The Balaban J connectivity index is 1.92. The summed E-state index contributed by atoms with van der Waals surface area (Å²) >= 11 is 6.09. The average Bonchev–Trinajstić information content (AvgIpc) is 3.07. The Hall–Kier alpha value is -0.500. The van der Waals surface area contributed by atoms with Crippen LogP contribution in [-0.4, -0.2) is 30.3 Å². The summed E-state index contributed by atoms with van der Waals surface area (Å²) in [6.07, 6.45) is 5.44. The van der Waals surface area contributed by atoms with Crippen molar-refractivity contribution >= 4 is 38.6 Å². The number of hydrogen-bond donors (Lipinski definition) is 1. The third-order valence-corrected chi connectivity index (χ3v) is 8.19. The van der Waals surface area contributed by atoms with E-state index in [1.165, 1.54) is 24.2 Å². The first-order valence-corrected chi connectivity index (χ1v) is 9.58. The van der Waals surface area contributed by atoms with E-state index in [1.807, 2.05) is 0 Å². The van der Waals surface area contributed by atoms with Crippen LogP contribution in [0.4, 0.5) is 0 Å². The summed E-state index contributed by atoms with van der Waals surface area (Å²) in [5.41, 5.74) is 5.57. The number of rotatable bonds is 3. The maximum absolute atomic E-state index is 12.8. The molecule has 7 heteroatoms. The summed E-state index contributed by atoms with van der Waals surface area (Å²) in [4.78, 5) is 0.924. The van der Waals surface area contributed by atoms with Crippen LogP contribution < -0.4 is 5.73 Å². The van der Waals surface area contributed by atoms with Crippen LogP contribution in [-0.2, 0) is 10.0 Å². The van der Waals surface area contributed by atoms with Crippen LogP contribution in [0.15, 0.2) is 16.3 Å². The topological polar surface area (TPSA) is 63.4 Å². The molecule has 1 aromatic heterocycles. The van der Waals surface area contributed by atoms with Crippen molar-refractivity contribution in [1.82, 2.24) is 4.31 Å². The fraction of sp³-hybridized carbons (Fsp3) is 0.615. The molecule has 2 unspecified atom stereocenters. The van der Waals surface area contributed by atoms with Gasteiger partial charge in [0.1, 0.15) is 9.20 Å². The summed E-state index contributed by atoms with van der Waals surface area (Å²) in [5, 5.41) is 0. The fourth-order valence-electron chi connectivity index (χ4n) is 3.41. The highest BCUT2D eigenvalue weighted by atomic mass is 32.2. The van der Waals surface area contributed by atoms with E-state index in [-0.39, 0.29) is 11.0 Å². The first kappa shape index (κ1) is 14.4. The van der Waals surface area contributed by atoms with Crippen LogP contribution in [0, 0.1) is 5.92 Å². The molecule has 1 saturated carbocycles. The van der Waals surface area contributed by atoms with Gasteiger partial charge in [-0.2, -0.15) is 4.31 Å². The van der Waals surface area contributed by atoms with E-state index >= 15 is 0 Å². The number of piperidine rings is 1. The summed E-state index contributed by atoms with van der Waals surface area (Å²) in [5.74, 6) is 0.550. The van der Waals surface area contributed by atoms with Gasteiger partial charge in [-0.1, -0.05) is 18.6 Å². The predicted molar refractivity (Wildman–Crippen MR) is 84.5 cm³/mol. The Bertz CT molecular complexity index is 623. The van der Waals surface area contributed by atoms with Crippen molar-refractivity contribution in [3.8, 4) is 0 Å². The number of sulfonamides is 1. The maximum Gasteiger partial charge on any atom is 0.252 e. The normalized spacial score (nSPS) is 27.4. The Morgan fingerprint density at radius 1 is 1.30 bits per heavy atom. The van der Waals surface area contributed by atoms with Gasteiger partial charge in [0.15, 0.2) is 0 Å². The maximum atomic E-state index is 12.8. The van der Waals surface area contributed by atoms with E-state index < -0.39 is 10.0 Å². The van der Waals surface area contributed by atoms with Crippen LogP contribution in [0.5, 0.6) is 0 Å². The quantitative estimate of drug-likeness (QED) is 0.864. The van der Waals surface area contributed by atoms with Crippen LogP contribution in [0.3, 0.4) is 0 Å². The molecule has 0 amide bonds. The molecule has 4 nitrogen and oxygen atoms in total. The molecule has 2 fully saturated rings. The summed E-state index contributed by atoms with van der Waals surface area (Å²) in [6.45, 7) is 0.643. The van der Waals surface area contributed by atoms with Crippen molar-refractivity contribution < 1.29 is 8.42 Å². The van der Waals surface area contributed by atoms with Gasteiger partial charge in [0.25, 0.3) is 10.0 Å². The molecule has 1 saturated heterocycles. The molecule has 2 heterocycles. The molecule has 110 valence electrons. The zero-order valence-electron chi connectivity index (χ0n) is 11.1. The lowest BCUT2D eigenvalue weighted by atomic mass is 9.94. The van der Waals surface area contributed by atoms with E-state index in [9.17, 15) is 8.42 Å². The van der Waals surface area contributed by atoms with Gasteiger partial charge in [-0.15, -0.1) is 11.3 Å². The largest absolute Gasteiger partial charge is 0.389 e. The molecular weight excluding hydrogens is 312 g/mol. The van der Waals surface area contributed by atoms with E-state index in [0.717, 1.165) is 19.3 Å². The average molecular weight is 331 g/mol. The number of fused-ring (bicyclic) bond motifs is 1. The lowest BCUT2D eigenvalue weighted by Crippen LogP contribution is -2.45. The number of hydrogen-bond acceptors (Lipinski definition) is 4. The Morgan fingerprint density at radius 2 is 2.05 bits per heavy atom. The standard InChI is InChI=1S/C13H18N2O2S3/c14-13(18)11-6-7-12(19-11)20(16,17)15-8-2-4-9-3-1-5-10(9)15/h6-7,9-10H,1-5,8H2,(H2,14,18). The lowest BCUT2D eigenvalue weighted by molar-refractivity contribution is 0.202. The molecule has 20 heavy (non-hydrogen) atoms. The monoisotopic (exact) mass is 330 g/mol. The zero-order valence-corrected chi connectivity index (χ0v) is 13.6. The van der Waals surface area contributed by atoms with Crippen molar-refractivity contribution in [3.05, 3.63) is 17.0 Å². The molecule has 1 aliphatic carbocycles. The molecule has 1 aromatic rings. The fourth-order valence-corrected chi connectivity index (χ4v) is 6.65. The van der Waals surface area contributed by atoms with E-state index in [2.05, 4.69) is 0 Å². The van der Waals surface area contributed by atoms with Crippen LogP contribution in [0.25, 0.3) is 0 Å². The second kappa shape index (κ2) is 5.36. The molecule has 0 aromatic carbocycles. The van der Waals surface area contributed by atoms with E-state index in [0.29, 0.717) is 21.5 Å². The van der Waals surface area contributed by atoms with Crippen molar-refractivity contribution in [2.24, 2.45) is 11.7 Å². The zero-order chi connectivity index (χ0) is 14.3. The minimum atomic E-state index is -3.39. The van der Waals surface area contributed by atoms with Crippen LogP contribution >= 0.6 is 23.6 Å². The van der Waals surface area contributed by atoms with Gasteiger partial charge in [-0.05, 0) is 43.7 Å². The molecular formula is C13H18N2O2S3. The van der Waals surface area contributed by atoms with Gasteiger partial charge >= 0.3 is 0 Å². The minimum Gasteiger partial charge on any atom is -0.389 e. The predicted octanol–water partition coefficient (Wildman–Crippen LogP) is 2.34. The van der Waals surface area contributed by atoms with Gasteiger partial charge in [-0.3, -0.25) is 0 Å². The SMILES string of the molecule is NC(=S)c1ccc(S(=O)(=O)N2CCCC3CCCC32)s1. The highest BCUT2D eigenvalue weighted by molar-refractivity contribution is 7.91. The molecule has 2 N–H and O–H groups in total. The van der Waals surface area contributed by atoms with Crippen molar-refractivity contribution in [1.29, 1.82) is 0 Å². The third kappa shape index (κ3) is 2.41. The van der Waals surface area contributed by atoms with Crippen molar-refractivity contribution in [3.63, 3.8) is 0 Å². The summed E-state index contributed by atoms with van der Waals surface area (Å²) in [7, 11) is -3.39. The van der Waals surface area contributed by atoms with Gasteiger partial charge in [0.2, 0.25) is 0 Å². The number of thiophene rings is 1. The number of thiocarbonyl (C=S) groups is 1. The smallest absolute Gasteiger partial charge is 0.252 e. The van der Waals surface area contributed by atoms with Crippen LogP contribution in [0.2, 0.25) is 0 Å².